The summed E-state index contributed by atoms with van der Waals surface area (Å²) in [6.07, 6.45) is 1.53. The number of carbonyl (C=O) groups excluding carboxylic acids is 1. The Morgan fingerprint density at radius 2 is 1.78 bits per heavy atom. The van der Waals surface area contributed by atoms with Crippen LogP contribution < -0.4 is 10.2 Å². The molecule has 27 heavy (non-hydrogen) atoms. The van der Waals surface area contributed by atoms with Gasteiger partial charge in [0, 0.05) is 49.0 Å². The minimum Gasteiger partial charge on any atom is -0.370 e. The summed E-state index contributed by atoms with van der Waals surface area (Å²) in [6.45, 7) is 4.57. The van der Waals surface area contributed by atoms with Crippen LogP contribution in [0, 0.1) is 11.3 Å². The Kier molecular flexibility index (Phi) is 6.69. The molecule has 0 bridgehead atoms. The second kappa shape index (κ2) is 9.40. The zero-order valence-corrected chi connectivity index (χ0v) is 16.0. The molecule has 3 rings (SSSR count). The highest BCUT2D eigenvalue weighted by atomic mass is 35.5. The number of anilines is 2. The first-order valence-corrected chi connectivity index (χ1v) is 9.55. The summed E-state index contributed by atoms with van der Waals surface area (Å²) < 4.78 is 0. The van der Waals surface area contributed by atoms with Gasteiger partial charge in [-0.1, -0.05) is 11.6 Å². The lowest BCUT2D eigenvalue weighted by Gasteiger charge is -2.23. The molecule has 0 aliphatic carbocycles. The number of carbonyl (C=O) groups is 1. The third kappa shape index (κ3) is 5.72. The van der Waals surface area contributed by atoms with Crippen LogP contribution in [0.3, 0.4) is 0 Å². The Balaban J connectivity index is 1.45. The average molecular weight is 383 g/mol. The average Bonchev–Trinajstić information content (AvgIpc) is 2.94. The summed E-state index contributed by atoms with van der Waals surface area (Å²) >= 11 is 5.86. The number of rotatable bonds is 5. The Morgan fingerprint density at radius 3 is 2.48 bits per heavy atom. The quantitative estimate of drug-likeness (QED) is 0.855. The van der Waals surface area contributed by atoms with Crippen molar-refractivity contribution < 1.29 is 4.79 Å². The maximum Gasteiger partial charge on any atom is 0.225 e. The largest absolute Gasteiger partial charge is 0.370 e. The second-order valence-electron chi connectivity index (χ2n) is 6.65. The van der Waals surface area contributed by atoms with Gasteiger partial charge in [-0.3, -0.25) is 4.79 Å². The van der Waals surface area contributed by atoms with Gasteiger partial charge in [0.05, 0.1) is 11.6 Å². The molecular formula is C21H23ClN4O. The summed E-state index contributed by atoms with van der Waals surface area (Å²) in [5, 5.41) is 12.5. The first kappa shape index (κ1) is 19.2. The van der Waals surface area contributed by atoms with Crippen LogP contribution in [0.15, 0.2) is 48.5 Å². The molecular weight excluding hydrogens is 360 g/mol. The monoisotopic (exact) mass is 382 g/mol. The SMILES string of the molecule is N#Cc1ccc(N2CCCN(CCC(=O)Nc3ccc(Cl)cc3)CC2)cc1. The molecule has 6 heteroatoms. The summed E-state index contributed by atoms with van der Waals surface area (Å²) in [6, 6.07) is 17.0. The van der Waals surface area contributed by atoms with E-state index in [1.807, 2.05) is 36.4 Å². The van der Waals surface area contributed by atoms with Gasteiger partial charge in [-0.25, -0.2) is 0 Å². The fraction of sp³-hybridized carbons (Fsp3) is 0.333. The van der Waals surface area contributed by atoms with E-state index in [0.717, 1.165) is 50.5 Å². The standard InChI is InChI=1S/C21H23ClN4O/c22-18-4-6-19(7-5-18)24-21(27)10-13-25-11-1-12-26(15-14-25)20-8-2-17(16-23)3-9-20/h2-9H,1,10-15H2,(H,24,27). The summed E-state index contributed by atoms with van der Waals surface area (Å²) in [4.78, 5) is 16.8. The van der Waals surface area contributed by atoms with Gasteiger partial charge in [-0.15, -0.1) is 0 Å². The normalized spacial score (nSPS) is 15.0. The van der Waals surface area contributed by atoms with Crippen LogP contribution in [0.1, 0.15) is 18.4 Å². The van der Waals surface area contributed by atoms with Gasteiger partial charge in [0.15, 0.2) is 0 Å². The predicted octanol–water partition coefficient (Wildman–Crippen LogP) is 3.75. The number of amides is 1. The Morgan fingerprint density at radius 1 is 1.04 bits per heavy atom. The maximum atomic E-state index is 12.2. The van der Waals surface area contributed by atoms with Crippen LogP contribution in [0.5, 0.6) is 0 Å². The number of nitriles is 1. The van der Waals surface area contributed by atoms with Gasteiger partial charge in [0.25, 0.3) is 0 Å². The van der Waals surface area contributed by atoms with Gasteiger partial charge >= 0.3 is 0 Å². The zero-order valence-electron chi connectivity index (χ0n) is 15.2. The number of hydrogen-bond acceptors (Lipinski definition) is 4. The van der Waals surface area contributed by atoms with Gasteiger partial charge in [-0.2, -0.15) is 5.26 Å². The van der Waals surface area contributed by atoms with Gasteiger partial charge in [0.1, 0.15) is 0 Å². The van der Waals surface area contributed by atoms with Gasteiger partial charge in [0.2, 0.25) is 5.91 Å². The lowest BCUT2D eigenvalue weighted by molar-refractivity contribution is -0.116. The van der Waals surface area contributed by atoms with Crippen LogP contribution >= 0.6 is 11.6 Å². The highest BCUT2D eigenvalue weighted by molar-refractivity contribution is 6.30. The smallest absolute Gasteiger partial charge is 0.225 e. The first-order valence-electron chi connectivity index (χ1n) is 9.17. The summed E-state index contributed by atoms with van der Waals surface area (Å²) in [7, 11) is 0. The van der Waals surface area contributed by atoms with E-state index < -0.39 is 0 Å². The van der Waals surface area contributed by atoms with Crippen LogP contribution in [0.25, 0.3) is 0 Å². The van der Waals surface area contributed by atoms with E-state index in [0.29, 0.717) is 17.0 Å². The topological polar surface area (TPSA) is 59.4 Å². The maximum absolute atomic E-state index is 12.2. The van der Waals surface area contributed by atoms with E-state index in [1.54, 1.807) is 12.1 Å². The molecule has 0 atom stereocenters. The van der Waals surface area contributed by atoms with E-state index in [1.165, 1.54) is 0 Å². The van der Waals surface area contributed by atoms with E-state index in [-0.39, 0.29) is 5.91 Å². The van der Waals surface area contributed by atoms with E-state index in [4.69, 9.17) is 16.9 Å². The molecule has 1 heterocycles. The lowest BCUT2D eigenvalue weighted by Crippen LogP contribution is -2.32. The molecule has 1 aliphatic heterocycles. The molecule has 0 unspecified atom stereocenters. The molecule has 140 valence electrons. The van der Waals surface area contributed by atoms with Crippen molar-refractivity contribution in [2.24, 2.45) is 0 Å². The molecule has 5 nitrogen and oxygen atoms in total. The van der Waals surface area contributed by atoms with Gasteiger partial charge in [-0.05, 0) is 61.5 Å². The van der Waals surface area contributed by atoms with Crippen LogP contribution in [-0.4, -0.2) is 43.5 Å². The van der Waals surface area contributed by atoms with Crippen molar-refractivity contribution in [1.29, 1.82) is 5.26 Å². The third-order valence-electron chi connectivity index (χ3n) is 4.73. The highest BCUT2D eigenvalue weighted by Gasteiger charge is 2.16. The number of halogens is 1. The second-order valence-corrected chi connectivity index (χ2v) is 7.08. The number of benzene rings is 2. The fourth-order valence-electron chi connectivity index (χ4n) is 3.22. The van der Waals surface area contributed by atoms with Crippen molar-refractivity contribution in [2.75, 3.05) is 42.9 Å². The molecule has 1 N–H and O–H groups in total. The first-order chi connectivity index (χ1) is 13.1. The number of nitrogens with zero attached hydrogens (tertiary/aromatic N) is 3. The fourth-order valence-corrected chi connectivity index (χ4v) is 3.34. The molecule has 0 spiro atoms. The molecule has 0 saturated carbocycles. The highest BCUT2D eigenvalue weighted by Crippen LogP contribution is 2.18. The van der Waals surface area contributed by atoms with Crippen LogP contribution in [-0.2, 0) is 4.79 Å². The van der Waals surface area contributed by atoms with E-state index >= 15 is 0 Å². The summed E-state index contributed by atoms with van der Waals surface area (Å²) in [5.74, 6) is 0.0190. The molecule has 2 aromatic rings. The lowest BCUT2D eigenvalue weighted by atomic mass is 10.2. The van der Waals surface area contributed by atoms with Crippen molar-refractivity contribution >= 4 is 28.9 Å². The minimum absolute atomic E-state index is 0.0190. The van der Waals surface area contributed by atoms with Crippen molar-refractivity contribution in [1.82, 2.24) is 4.90 Å². The van der Waals surface area contributed by atoms with Crippen molar-refractivity contribution in [2.45, 2.75) is 12.8 Å². The molecule has 1 amide bonds. The Hall–Kier alpha value is -2.55. The Bertz CT molecular complexity index is 798. The van der Waals surface area contributed by atoms with Crippen molar-refractivity contribution in [3.8, 4) is 6.07 Å². The molecule has 1 fully saturated rings. The van der Waals surface area contributed by atoms with E-state index in [2.05, 4.69) is 21.2 Å². The van der Waals surface area contributed by atoms with Gasteiger partial charge < -0.3 is 15.1 Å². The minimum atomic E-state index is 0.0190. The third-order valence-corrected chi connectivity index (χ3v) is 4.99. The Labute approximate surface area is 165 Å². The summed E-state index contributed by atoms with van der Waals surface area (Å²) in [5.41, 5.74) is 2.60. The molecule has 1 saturated heterocycles. The molecule has 2 aromatic carbocycles. The molecule has 0 radical (unpaired) electrons. The predicted molar refractivity (Wildman–Crippen MR) is 109 cm³/mol. The number of nitrogens with one attached hydrogen (secondary N) is 1. The zero-order chi connectivity index (χ0) is 19.1. The van der Waals surface area contributed by atoms with Crippen molar-refractivity contribution in [3.63, 3.8) is 0 Å². The van der Waals surface area contributed by atoms with Crippen molar-refractivity contribution in [3.05, 3.63) is 59.1 Å². The van der Waals surface area contributed by atoms with Crippen LogP contribution in [0.2, 0.25) is 5.02 Å². The number of hydrogen-bond donors (Lipinski definition) is 1. The van der Waals surface area contributed by atoms with E-state index in [9.17, 15) is 4.79 Å². The molecule has 0 aromatic heterocycles. The van der Waals surface area contributed by atoms with Crippen LogP contribution in [0.4, 0.5) is 11.4 Å². The molecule has 1 aliphatic rings.